The van der Waals surface area contributed by atoms with Crippen LogP contribution in [-0.2, 0) is 13.0 Å². The number of allylic oxidation sites excluding steroid dienone is 1. The van der Waals surface area contributed by atoms with Crippen molar-refractivity contribution in [3.8, 4) is 17.2 Å². The molecule has 0 spiro atoms. The second-order valence-electron chi connectivity index (χ2n) is 4.60. The summed E-state index contributed by atoms with van der Waals surface area (Å²) >= 11 is 0. The summed E-state index contributed by atoms with van der Waals surface area (Å²) in [6, 6.07) is 13.9. The molecule has 0 N–H and O–H groups in total. The highest BCUT2D eigenvalue weighted by atomic mass is 16.5. The number of benzene rings is 2. The molecule has 3 nitrogen and oxygen atoms in total. The second-order valence-corrected chi connectivity index (χ2v) is 4.60. The van der Waals surface area contributed by atoms with Crippen molar-refractivity contribution in [1.29, 1.82) is 0 Å². The van der Waals surface area contributed by atoms with Gasteiger partial charge in [0.15, 0.2) is 11.5 Å². The van der Waals surface area contributed by atoms with Gasteiger partial charge in [-0.2, -0.15) is 0 Å². The van der Waals surface area contributed by atoms with Crippen molar-refractivity contribution in [2.75, 3.05) is 14.2 Å². The fourth-order valence-corrected chi connectivity index (χ4v) is 2.09. The lowest BCUT2D eigenvalue weighted by Gasteiger charge is -2.16. The Kier molecular flexibility index (Phi) is 5.27. The molecule has 0 aliphatic heterocycles. The quantitative estimate of drug-likeness (QED) is 0.719. The van der Waals surface area contributed by atoms with Gasteiger partial charge in [-0.15, -0.1) is 6.58 Å². The van der Waals surface area contributed by atoms with Gasteiger partial charge in [0.25, 0.3) is 0 Å². The van der Waals surface area contributed by atoms with Crippen LogP contribution < -0.4 is 14.2 Å². The highest BCUT2D eigenvalue weighted by Gasteiger charge is 2.14. The Morgan fingerprint density at radius 3 is 2.10 bits per heavy atom. The Labute approximate surface area is 125 Å². The first-order chi connectivity index (χ1) is 10.3. The molecule has 2 aromatic carbocycles. The standard InChI is InChI=1S/C18H20O3/c1-4-8-15-11-16(19-2)18(17(12-15)20-3)21-13-14-9-6-5-7-10-14/h4-7,9-12H,1,8,13H2,2-3H3. The van der Waals surface area contributed by atoms with Gasteiger partial charge in [-0.1, -0.05) is 36.4 Å². The number of ether oxygens (including phenoxy) is 3. The van der Waals surface area contributed by atoms with Gasteiger partial charge in [-0.05, 0) is 29.7 Å². The molecule has 0 fully saturated rings. The highest BCUT2D eigenvalue weighted by Crippen LogP contribution is 2.39. The van der Waals surface area contributed by atoms with Gasteiger partial charge >= 0.3 is 0 Å². The molecule has 2 rings (SSSR count). The monoisotopic (exact) mass is 284 g/mol. The van der Waals surface area contributed by atoms with Crippen LogP contribution in [0.15, 0.2) is 55.1 Å². The van der Waals surface area contributed by atoms with Crippen molar-refractivity contribution in [3.63, 3.8) is 0 Å². The Morgan fingerprint density at radius 2 is 1.57 bits per heavy atom. The van der Waals surface area contributed by atoms with E-state index in [1.807, 2.05) is 48.5 Å². The molecule has 0 saturated heterocycles. The molecule has 0 aliphatic carbocycles. The van der Waals surface area contributed by atoms with E-state index in [-0.39, 0.29) is 0 Å². The Balaban J connectivity index is 2.26. The molecule has 0 heterocycles. The zero-order valence-electron chi connectivity index (χ0n) is 12.5. The fraction of sp³-hybridized carbons (Fsp3) is 0.222. The summed E-state index contributed by atoms with van der Waals surface area (Å²) in [5, 5.41) is 0. The molecule has 0 bridgehead atoms. The molecule has 21 heavy (non-hydrogen) atoms. The van der Waals surface area contributed by atoms with Crippen LogP contribution in [0.2, 0.25) is 0 Å². The summed E-state index contributed by atoms with van der Waals surface area (Å²) in [7, 11) is 3.25. The van der Waals surface area contributed by atoms with E-state index < -0.39 is 0 Å². The second kappa shape index (κ2) is 7.39. The van der Waals surface area contributed by atoms with E-state index in [0.717, 1.165) is 17.5 Å². The summed E-state index contributed by atoms with van der Waals surface area (Å²) in [4.78, 5) is 0. The molecule has 0 amide bonds. The largest absolute Gasteiger partial charge is 0.493 e. The maximum atomic E-state index is 5.89. The predicted molar refractivity (Wildman–Crippen MR) is 84.2 cm³/mol. The van der Waals surface area contributed by atoms with Crippen LogP contribution in [-0.4, -0.2) is 14.2 Å². The zero-order valence-corrected chi connectivity index (χ0v) is 12.5. The summed E-state index contributed by atoms with van der Waals surface area (Å²) in [5.74, 6) is 1.96. The fourth-order valence-electron chi connectivity index (χ4n) is 2.09. The third kappa shape index (κ3) is 3.78. The van der Waals surface area contributed by atoms with Crippen LogP contribution in [0.1, 0.15) is 11.1 Å². The van der Waals surface area contributed by atoms with Crippen LogP contribution in [0.3, 0.4) is 0 Å². The Hall–Kier alpha value is -2.42. The average Bonchev–Trinajstić information content (AvgIpc) is 2.54. The van der Waals surface area contributed by atoms with Gasteiger partial charge in [0.1, 0.15) is 6.61 Å². The molecule has 0 saturated carbocycles. The first kappa shape index (κ1) is 15.0. The summed E-state index contributed by atoms with van der Waals surface area (Å²) in [5.41, 5.74) is 2.17. The maximum Gasteiger partial charge on any atom is 0.203 e. The van der Waals surface area contributed by atoms with Crippen molar-refractivity contribution in [1.82, 2.24) is 0 Å². The van der Waals surface area contributed by atoms with Gasteiger partial charge in [0, 0.05) is 0 Å². The number of methoxy groups -OCH3 is 2. The van der Waals surface area contributed by atoms with Gasteiger partial charge < -0.3 is 14.2 Å². The number of hydrogen-bond donors (Lipinski definition) is 0. The normalized spacial score (nSPS) is 10.0. The number of hydrogen-bond acceptors (Lipinski definition) is 3. The van der Waals surface area contributed by atoms with E-state index in [4.69, 9.17) is 14.2 Å². The molecule has 0 aliphatic rings. The van der Waals surface area contributed by atoms with E-state index in [9.17, 15) is 0 Å². The van der Waals surface area contributed by atoms with Crippen LogP contribution >= 0.6 is 0 Å². The zero-order chi connectivity index (χ0) is 15.1. The smallest absolute Gasteiger partial charge is 0.203 e. The molecule has 0 aromatic heterocycles. The molecule has 0 atom stereocenters. The van der Waals surface area contributed by atoms with Gasteiger partial charge in [-0.3, -0.25) is 0 Å². The van der Waals surface area contributed by atoms with Crippen LogP contribution in [0, 0.1) is 0 Å². The molecule has 3 heteroatoms. The van der Waals surface area contributed by atoms with Crippen molar-refractivity contribution < 1.29 is 14.2 Å². The predicted octanol–water partition coefficient (Wildman–Crippen LogP) is 4.01. The van der Waals surface area contributed by atoms with E-state index in [1.54, 1.807) is 14.2 Å². The summed E-state index contributed by atoms with van der Waals surface area (Å²) < 4.78 is 16.7. The molecule has 110 valence electrons. The van der Waals surface area contributed by atoms with Crippen LogP contribution in [0.5, 0.6) is 17.2 Å². The van der Waals surface area contributed by atoms with Gasteiger partial charge in [0.05, 0.1) is 14.2 Å². The lowest BCUT2D eigenvalue weighted by atomic mass is 10.1. The van der Waals surface area contributed by atoms with Crippen LogP contribution in [0.4, 0.5) is 0 Å². The molecular weight excluding hydrogens is 264 g/mol. The number of rotatable bonds is 7. The molecule has 0 unspecified atom stereocenters. The average molecular weight is 284 g/mol. The van der Waals surface area contributed by atoms with Crippen LogP contribution in [0.25, 0.3) is 0 Å². The Morgan fingerprint density at radius 1 is 0.952 bits per heavy atom. The maximum absolute atomic E-state index is 5.89. The summed E-state index contributed by atoms with van der Waals surface area (Å²) in [6.45, 7) is 4.22. The lowest BCUT2D eigenvalue weighted by Crippen LogP contribution is -2.01. The minimum atomic E-state index is 0.467. The van der Waals surface area contributed by atoms with Crippen molar-refractivity contribution >= 4 is 0 Å². The molecule has 2 aromatic rings. The first-order valence-electron chi connectivity index (χ1n) is 6.81. The minimum Gasteiger partial charge on any atom is -0.493 e. The molecule has 0 radical (unpaired) electrons. The van der Waals surface area contributed by atoms with Crippen molar-refractivity contribution in [2.45, 2.75) is 13.0 Å². The molecular formula is C18H20O3. The van der Waals surface area contributed by atoms with Crippen molar-refractivity contribution in [2.24, 2.45) is 0 Å². The highest BCUT2D eigenvalue weighted by molar-refractivity contribution is 5.54. The first-order valence-corrected chi connectivity index (χ1v) is 6.81. The van der Waals surface area contributed by atoms with Gasteiger partial charge in [0.2, 0.25) is 5.75 Å². The SMILES string of the molecule is C=CCc1cc(OC)c(OCc2ccccc2)c(OC)c1. The van der Waals surface area contributed by atoms with E-state index in [1.165, 1.54) is 0 Å². The van der Waals surface area contributed by atoms with E-state index in [0.29, 0.717) is 23.9 Å². The van der Waals surface area contributed by atoms with E-state index >= 15 is 0 Å². The Bertz CT molecular complexity index is 566. The topological polar surface area (TPSA) is 27.7 Å². The van der Waals surface area contributed by atoms with Crippen molar-refractivity contribution in [3.05, 3.63) is 66.2 Å². The van der Waals surface area contributed by atoms with Gasteiger partial charge in [-0.25, -0.2) is 0 Å². The minimum absolute atomic E-state index is 0.467. The third-order valence-corrected chi connectivity index (χ3v) is 3.13. The lowest BCUT2D eigenvalue weighted by molar-refractivity contribution is 0.265. The van der Waals surface area contributed by atoms with E-state index in [2.05, 4.69) is 6.58 Å². The summed E-state index contributed by atoms with van der Waals surface area (Å²) in [6.07, 6.45) is 2.60. The third-order valence-electron chi connectivity index (χ3n) is 3.13.